The van der Waals surface area contributed by atoms with E-state index in [4.69, 9.17) is 4.74 Å². The quantitative estimate of drug-likeness (QED) is 0.590. The molecule has 1 aromatic carbocycles. The van der Waals surface area contributed by atoms with Crippen LogP contribution >= 0.6 is 0 Å². The summed E-state index contributed by atoms with van der Waals surface area (Å²) in [5, 5.41) is 11.7. The minimum atomic E-state index is -0.615. The van der Waals surface area contributed by atoms with Crippen LogP contribution < -0.4 is 15.0 Å². The third kappa shape index (κ3) is 4.41. The molecule has 6 rings (SSSR count). The van der Waals surface area contributed by atoms with Crippen molar-refractivity contribution in [1.29, 1.82) is 0 Å². The summed E-state index contributed by atoms with van der Waals surface area (Å²) in [6, 6.07) is 12.3. The normalized spacial score (nSPS) is 22.0. The average molecular weight is 488 g/mol. The second-order valence-electron chi connectivity index (χ2n) is 9.85. The first kappa shape index (κ1) is 22.6. The Morgan fingerprint density at radius 1 is 1.14 bits per heavy atom. The molecule has 184 valence electrons. The fraction of sp³-hybridized carbons (Fsp3) is 0.370. The maximum absolute atomic E-state index is 14.1. The molecule has 1 saturated carbocycles. The molecule has 8 nitrogen and oxygen atoms in total. The lowest BCUT2D eigenvalue weighted by molar-refractivity contribution is -0.120. The zero-order valence-corrected chi connectivity index (χ0v) is 19.7. The highest BCUT2D eigenvalue weighted by Gasteiger charge is 2.44. The number of carbonyl (C=O) groups is 2. The summed E-state index contributed by atoms with van der Waals surface area (Å²) >= 11 is 0. The van der Waals surface area contributed by atoms with E-state index in [0.29, 0.717) is 43.3 Å². The first-order valence-corrected chi connectivity index (χ1v) is 12.3. The summed E-state index contributed by atoms with van der Waals surface area (Å²) in [7, 11) is 0. The first-order valence-electron chi connectivity index (χ1n) is 12.3. The fourth-order valence-corrected chi connectivity index (χ4v) is 5.29. The van der Waals surface area contributed by atoms with Crippen LogP contribution in [-0.2, 0) is 11.2 Å². The zero-order valence-electron chi connectivity index (χ0n) is 19.7. The van der Waals surface area contributed by atoms with Crippen molar-refractivity contribution in [2.45, 2.75) is 49.7 Å². The third-order valence-corrected chi connectivity index (χ3v) is 7.36. The molecule has 1 amide bonds. The number of benzene rings is 1. The Balaban J connectivity index is 1.02. The smallest absolute Gasteiger partial charge is 0.226 e. The molecule has 36 heavy (non-hydrogen) atoms. The topological polar surface area (TPSA) is 97.3 Å². The van der Waals surface area contributed by atoms with Crippen LogP contribution in [0.1, 0.15) is 53.2 Å². The molecule has 1 N–H and O–H groups in total. The van der Waals surface area contributed by atoms with Gasteiger partial charge in [-0.25, -0.2) is 4.39 Å². The lowest BCUT2D eigenvalue weighted by Gasteiger charge is -2.44. The highest BCUT2D eigenvalue weighted by Crippen LogP contribution is 2.41. The van der Waals surface area contributed by atoms with Crippen LogP contribution in [0, 0.1) is 5.82 Å². The van der Waals surface area contributed by atoms with Crippen LogP contribution in [0.4, 0.5) is 10.2 Å². The van der Waals surface area contributed by atoms with Gasteiger partial charge in [-0.3, -0.25) is 14.6 Å². The lowest BCUT2D eigenvalue weighted by Crippen LogP contribution is -2.51. The minimum Gasteiger partial charge on any atom is -0.486 e. The van der Waals surface area contributed by atoms with Crippen molar-refractivity contribution in [2.75, 3.05) is 18.0 Å². The highest BCUT2D eigenvalue weighted by atomic mass is 19.1. The van der Waals surface area contributed by atoms with E-state index < -0.39 is 11.4 Å². The molecule has 1 saturated heterocycles. The largest absolute Gasteiger partial charge is 0.486 e. The van der Waals surface area contributed by atoms with Gasteiger partial charge in [-0.05, 0) is 42.3 Å². The highest BCUT2D eigenvalue weighted by molar-refractivity contribution is 6.00. The molecular weight excluding hydrogens is 461 g/mol. The number of rotatable bonds is 5. The standard InChI is InChI=1S/C27H26FN5O3/c28-20-4-1-5-23-26(20)22(34)15-27(36-23)8-11-33(12-9-27)24-7-6-18(31-32-24)13-25(35)30-21-14-19(21)17-3-2-10-29-16-17/h1-7,10,16,19,21H,8-9,11-15H2,(H,30,35). The van der Waals surface area contributed by atoms with Gasteiger partial charge in [-0.2, -0.15) is 5.10 Å². The summed E-state index contributed by atoms with van der Waals surface area (Å²) in [5.74, 6) is 0.586. The lowest BCUT2D eigenvalue weighted by atomic mass is 9.82. The van der Waals surface area contributed by atoms with Crippen molar-refractivity contribution in [3.05, 3.63) is 77.5 Å². The number of nitrogens with one attached hydrogen (secondary N) is 1. The Hall–Kier alpha value is -3.88. The average Bonchev–Trinajstić information content (AvgIpc) is 3.64. The Bertz CT molecular complexity index is 1290. The van der Waals surface area contributed by atoms with Gasteiger partial charge in [-0.1, -0.05) is 12.1 Å². The number of halogens is 1. The van der Waals surface area contributed by atoms with Crippen molar-refractivity contribution in [3.63, 3.8) is 0 Å². The van der Waals surface area contributed by atoms with E-state index in [1.54, 1.807) is 18.3 Å². The van der Waals surface area contributed by atoms with Crippen LogP contribution in [-0.4, -0.2) is 51.6 Å². The molecule has 2 aliphatic heterocycles. The van der Waals surface area contributed by atoms with Gasteiger partial charge in [0.15, 0.2) is 11.6 Å². The number of anilines is 1. The predicted molar refractivity (Wildman–Crippen MR) is 129 cm³/mol. The zero-order chi connectivity index (χ0) is 24.7. The van der Waals surface area contributed by atoms with Crippen LogP contribution in [0.3, 0.4) is 0 Å². The van der Waals surface area contributed by atoms with Crippen LogP contribution in [0.15, 0.2) is 54.9 Å². The van der Waals surface area contributed by atoms with E-state index in [1.807, 2.05) is 30.5 Å². The van der Waals surface area contributed by atoms with Crippen molar-refractivity contribution in [3.8, 4) is 5.75 Å². The monoisotopic (exact) mass is 487 g/mol. The van der Waals surface area contributed by atoms with E-state index in [9.17, 15) is 14.0 Å². The number of Topliss-reactive ketones (excluding diaryl/α,β-unsaturated/α-hetero) is 1. The molecule has 0 bridgehead atoms. The van der Waals surface area contributed by atoms with Gasteiger partial charge < -0.3 is 15.0 Å². The second kappa shape index (κ2) is 8.96. The molecular formula is C27H26FN5O3. The number of carbonyl (C=O) groups excluding carboxylic acids is 2. The Kier molecular flexibility index (Phi) is 5.62. The van der Waals surface area contributed by atoms with Gasteiger partial charge in [0, 0.05) is 50.3 Å². The Labute approximate surface area is 207 Å². The summed E-state index contributed by atoms with van der Waals surface area (Å²) in [4.78, 5) is 31.3. The summed E-state index contributed by atoms with van der Waals surface area (Å²) < 4.78 is 20.2. The van der Waals surface area contributed by atoms with Gasteiger partial charge in [-0.15, -0.1) is 5.10 Å². The van der Waals surface area contributed by atoms with Gasteiger partial charge in [0.25, 0.3) is 0 Å². The molecule has 2 fully saturated rings. The number of amides is 1. The molecule has 1 aliphatic carbocycles. The molecule has 1 spiro atoms. The van der Waals surface area contributed by atoms with Crippen LogP contribution in [0.5, 0.6) is 5.75 Å². The van der Waals surface area contributed by atoms with E-state index in [0.717, 1.165) is 17.8 Å². The molecule has 2 unspecified atom stereocenters. The number of ketones is 1. The molecule has 3 aliphatic rings. The number of nitrogens with zero attached hydrogens (tertiary/aromatic N) is 4. The number of hydrogen-bond acceptors (Lipinski definition) is 7. The van der Waals surface area contributed by atoms with Crippen LogP contribution in [0.2, 0.25) is 0 Å². The van der Waals surface area contributed by atoms with Gasteiger partial charge >= 0.3 is 0 Å². The predicted octanol–water partition coefficient (Wildman–Crippen LogP) is 3.23. The number of piperidine rings is 1. The molecule has 2 aromatic heterocycles. The summed E-state index contributed by atoms with van der Waals surface area (Å²) in [6.07, 6.45) is 6.13. The molecule has 4 heterocycles. The maximum Gasteiger partial charge on any atom is 0.226 e. The first-order chi connectivity index (χ1) is 17.5. The van der Waals surface area contributed by atoms with Gasteiger partial charge in [0.2, 0.25) is 5.91 Å². The SMILES string of the molecule is O=C(Cc1ccc(N2CCC3(CC2)CC(=O)c2c(F)cccc2O3)nn1)NC1CC1c1cccnc1. The summed E-state index contributed by atoms with van der Waals surface area (Å²) in [5.41, 5.74) is 1.21. The van der Waals surface area contributed by atoms with Gasteiger partial charge in [0.1, 0.15) is 17.2 Å². The maximum atomic E-state index is 14.1. The van der Waals surface area contributed by atoms with Crippen molar-refractivity contribution < 1.29 is 18.7 Å². The fourth-order valence-electron chi connectivity index (χ4n) is 5.29. The number of fused-ring (bicyclic) bond motifs is 1. The number of pyridine rings is 1. The number of hydrogen-bond donors (Lipinski definition) is 1. The summed E-state index contributed by atoms with van der Waals surface area (Å²) in [6.45, 7) is 1.29. The minimum absolute atomic E-state index is 0.0605. The van der Waals surface area contributed by atoms with E-state index in [-0.39, 0.29) is 36.1 Å². The molecule has 3 aromatic rings. The Morgan fingerprint density at radius 3 is 2.75 bits per heavy atom. The van der Waals surface area contributed by atoms with E-state index >= 15 is 0 Å². The van der Waals surface area contributed by atoms with Crippen molar-refractivity contribution in [2.24, 2.45) is 0 Å². The third-order valence-electron chi connectivity index (χ3n) is 7.36. The van der Waals surface area contributed by atoms with Crippen molar-refractivity contribution in [1.82, 2.24) is 20.5 Å². The molecule has 9 heteroatoms. The van der Waals surface area contributed by atoms with Gasteiger partial charge in [0.05, 0.1) is 24.1 Å². The van der Waals surface area contributed by atoms with E-state index in [1.165, 1.54) is 6.07 Å². The Morgan fingerprint density at radius 2 is 2.00 bits per heavy atom. The molecule has 2 atom stereocenters. The van der Waals surface area contributed by atoms with Crippen molar-refractivity contribution >= 4 is 17.5 Å². The van der Waals surface area contributed by atoms with Crippen LogP contribution in [0.25, 0.3) is 0 Å². The number of ether oxygens (including phenoxy) is 1. The number of aromatic nitrogens is 3. The second-order valence-corrected chi connectivity index (χ2v) is 9.85. The van der Waals surface area contributed by atoms with E-state index in [2.05, 4.69) is 25.4 Å². The molecule has 0 radical (unpaired) electrons.